The van der Waals surface area contributed by atoms with E-state index in [0.717, 1.165) is 35.3 Å². The average molecular weight is 487 g/mol. The Balaban J connectivity index is 1.23. The number of nitrogens with zero attached hydrogens (tertiary/aromatic N) is 1. The number of benzene rings is 3. The molecule has 2 amide bonds. The van der Waals surface area contributed by atoms with Gasteiger partial charge in [0.25, 0.3) is 5.91 Å². The van der Waals surface area contributed by atoms with E-state index in [9.17, 15) is 9.59 Å². The summed E-state index contributed by atoms with van der Waals surface area (Å²) in [5, 5.41) is 2.96. The lowest BCUT2D eigenvalue weighted by Crippen LogP contribution is -2.40. The molecule has 1 fully saturated rings. The Labute approximate surface area is 213 Å². The normalized spacial score (nSPS) is 13.9. The van der Waals surface area contributed by atoms with E-state index in [1.54, 1.807) is 4.90 Å². The first-order valence-corrected chi connectivity index (χ1v) is 12.6. The van der Waals surface area contributed by atoms with Crippen molar-refractivity contribution in [1.29, 1.82) is 0 Å². The van der Waals surface area contributed by atoms with Crippen molar-refractivity contribution in [2.45, 2.75) is 39.3 Å². The Morgan fingerprint density at radius 2 is 1.50 bits per heavy atom. The third-order valence-electron chi connectivity index (χ3n) is 6.33. The molecule has 1 aliphatic heterocycles. The van der Waals surface area contributed by atoms with E-state index < -0.39 is 0 Å². The minimum absolute atomic E-state index is 0.0863. The van der Waals surface area contributed by atoms with E-state index in [2.05, 4.69) is 5.32 Å². The molecule has 3 aromatic rings. The third-order valence-corrected chi connectivity index (χ3v) is 6.33. The first kappa shape index (κ1) is 25.3. The maximum absolute atomic E-state index is 12.5. The lowest BCUT2D eigenvalue weighted by atomic mass is 9.98. The molecule has 188 valence electrons. The molecule has 1 N–H and O–H groups in total. The second kappa shape index (κ2) is 12.2. The molecule has 0 unspecified atom stereocenters. The third kappa shape index (κ3) is 7.11. The number of rotatable bonds is 8. The van der Waals surface area contributed by atoms with Crippen molar-refractivity contribution in [1.82, 2.24) is 10.2 Å². The zero-order valence-electron chi connectivity index (χ0n) is 21.0. The lowest BCUT2D eigenvalue weighted by molar-refractivity contribution is 0.0608. The number of carbonyl (C=O) groups is 2. The molecule has 4 rings (SSSR count). The van der Waals surface area contributed by atoms with Crippen LogP contribution >= 0.6 is 0 Å². The highest BCUT2D eigenvalue weighted by molar-refractivity contribution is 5.94. The lowest BCUT2D eigenvalue weighted by Gasteiger charge is -2.31. The van der Waals surface area contributed by atoms with E-state index >= 15 is 0 Å². The van der Waals surface area contributed by atoms with Crippen molar-refractivity contribution in [2.24, 2.45) is 5.92 Å². The number of nitrogens with one attached hydrogen (secondary N) is 1. The molecule has 0 aliphatic carbocycles. The predicted octanol–water partition coefficient (Wildman–Crippen LogP) is 5.92. The second-order valence-corrected chi connectivity index (χ2v) is 9.44. The molecule has 3 aromatic carbocycles. The summed E-state index contributed by atoms with van der Waals surface area (Å²) >= 11 is 0. The topological polar surface area (TPSA) is 67.9 Å². The van der Waals surface area contributed by atoms with E-state index in [1.165, 1.54) is 0 Å². The number of likely N-dealkylation sites (tertiary alicyclic amines) is 1. The molecule has 1 saturated heterocycles. The summed E-state index contributed by atoms with van der Waals surface area (Å²) in [7, 11) is 0. The second-order valence-electron chi connectivity index (χ2n) is 9.44. The monoisotopic (exact) mass is 486 g/mol. The summed E-state index contributed by atoms with van der Waals surface area (Å²) in [5.41, 5.74) is 3.82. The molecule has 1 aliphatic rings. The molecular formula is C30H34N2O4. The van der Waals surface area contributed by atoms with Crippen molar-refractivity contribution in [2.75, 3.05) is 19.7 Å². The van der Waals surface area contributed by atoms with Gasteiger partial charge >= 0.3 is 6.09 Å². The van der Waals surface area contributed by atoms with Crippen LogP contribution in [0, 0.1) is 5.92 Å². The zero-order valence-corrected chi connectivity index (χ0v) is 21.0. The van der Waals surface area contributed by atoms with Crippen LogP contribution in [0.15, 0.2) is 78.9 Å². The number of amides is 2. The number of hydrogen-bond donors (Lipinski definition) is 1. The van der Waals surface area contributed by atoms with Crippen LogP contribution in [0.25, 0.3) is 11.1 Å². The van der Waals surface area contributed by atoms with E-state index in [1.807, 2.05) is 92.7 Å². The Kier molecular flexibility index (Phi) is 8.61. The van der Waals surface area contributed by atoms with Crippen LogP contribution in [0.1, 0.15) is 42.6 Å². The van der Waals surface area contributed by atoms with Crippen LogP contribution in [-0.2, 0) is 11.3 Å². The van der Waals surface area contributed by atoms with Gasteiger partial charge in [0.1, 0.15) is 5.75 Å². The molecule has 36 heavy (non-hydrogen) atoms. The van der Waals surface area contributed by atoms with Crippen LogP contribution in [0.4, 0.5) is 4.79 Å². The van der Waals surface area contributed by atoms with Gasteiger partial charge in [-0.1, -0.05) is 54.6 Å². The Hall–Kier alpha value is -3.80. The highest BCUT2D eigenvalue weighted by Crippen LogP contribution is 2.25. The van der Waals surface area contributed by atoms with Gasteiger partial charge in [-0.05, 0) is 73.6 Å². The summed E-state index contributed by atoms with van der Waals surface area (Å²) in [6, 6.07) is 25.5. The Morgan fingerprint density at radius 3 is 2.11 bits per heavy atom. The minimum Gasteiger partial charge on any atom is -0.493 e. The van der Waals surface area contributed by atoms with Gasteiger partial charge in [0, 0.05) is 25.2 Å². The number of carbonyl (C=O) groups excluding carboxylic acids is 2. The maximum Gasteiger partial charge on any atom is 0.410 e. The van der Waals surface area contributed by atoms with E-state index in [0.29, 0.717) is 37.7 Å². The molecular weight excluding hydrogens is 452 g/mol. The van der Waals surface area contributed by atoms with Gasteiger partial charge in [0.2, 0.25) is 0 Å². The maximum atomic E-state index is 12.5. The summed E-state index contributed by atoms with van der Waals surface area (Å²) in [6.07, 6.45) is 1.51. The summed E-state index contributed by atoms with van der Waals surface area (Å²) in [5.74, 6) is 1.17. The smallest absolute Gasteiger partial charge is 0.410 e. The summed E-state index contributed by atoms with van der Waals surface area (Å²) < 4.78 is 11.3. The molecule has 0 spiro atoms. The molecule has 0 atom stereocenters. The molecule has 0 bridgehead atoms. The van der Waals surface area contributed by atoms with E-state index in [-0.39, 0.29) is 18.1 Å². The molecule has 0 saturated carbocycles. The van der Waals surface area contributed by atoms with Crippen LogP contribution in [0.2, 0.25) is 0 Å². The average Bonchev–Trinajstić information content (AvgIpc) is 2.91. The number of ether oxygens (including phenoxy) is 2. The largest absolute Gasteiger partial charge is 0.493 e. The molecule has 6 nitrogen and oxygen atoms in total. The highest BCUT2D eigenvalue weighted by atomic mass is 16.6. The fourth-order valence-corrected chi connectivity index (χ4v) is 4.21. The van der Waals surface area contributed by atoms with Crippen molar-refractivity contribution < 1.29 is 19.1 Å². The summed E-state index contributed by atoms with van der Waals surface area (Å²) in [6.45, 7) is 6.29. The fourth-order valence-electron chi connectivity index (χ4n) is 4.21. The molecule has 0 radical (unpaired) electrons. The van der Waals surface area contributed by atoms with Gasteiger partial charge < -0.3 is 19.7 Å². The molecule has 1 heterocycles. The van der Waals surface area contributed by atoms with Gasteiger partial charge in [-0.3, -0.25) is 4.79 Å². The van der Waals surface area contributed by atoms with Crippen molar-refractivity contribution in [3.05, 3.63) is 90.0 Å². The van der Waals surface area contributed by atoms with Gasteiger partial charge in [-0.15, -0.1) is 0 Å². The zero-order chi connectivity index (χ0) is 25.3. The van der Waals surface area contributed by atoms with Crippen LogP contribution < -0.4 is 10.1 Å². The number of piperidine rings is 1. The Morgan fingerprint density at radius 1 is 0.889 bits per heavy atom. The first-order valence-electron chi connectivity index (χ1n) is 12.6. The standard InChI is InChI=1S/C30H34N2O4/c1-22(2)36-30(34)32-18-16-24(17-19-32)21-35-28-14-12-26(13-15-28)25-8-10-27(11-9-25)29(33)31-20-23-6-4-3-5-7-23/h3-15,22,24H,16-21H2,1-2H3,(H,31,33). The van der Waals surface area contributed by atoms with Gasteiger partial charge in [0.05, 0.1) is 12.7 Å². The number of hydrogen-bond acceptors (Lipinski definition) is 4. The highest BCUT2D eigenvalue weighted by Gasteiger charge is 2.24. The van der Waals surface area contributed by atoms with Crippen molar-refractivity contribution in [3.8, 4) is 16.9 Å². The van der Waals surface area contributed by atoms with Crippen LogP contribution in [0.5, 0.6) is 5.75 Å². The molecule has 0 aromatic heterocycles. The van der Waals surface area contributed by atoms with Crippen LogP contribution in [-0.4, -0.2) is 42.7 Å². The Bertz CT molecular complexity index is 1120. The van der Waals surface area contributed by atoms with Gasteiger partial charge in [-0.25, -0.2) is 4.79 Å². The van der Waals surface area contributed by atoms with Crippen molar-refractivity contribution in [3.63, 3.8) is 0 Å². The minimum atomic E-state index is -0.221. The first-order chi connectivity index (χ1) is 17.5. The van der Waals surface area contributed by atoms with Gasteiger partial charge in [0.15, 0.2) is 0 Å². The van der Waals surface area contributed by atoms with Crippen molar-refractivity contribution >= 4 is 12.0 Å². The van der Waals surface area contributed by atoms with Crippen LogP contribution in [0.3, 0.4) is 0 Å². The predicted molar refractivity (Wildman–Crippen MR) is 141 cm³/mol. The van der Waals surface area contributed by atoms with E-state index in [4.69, 9.17) is 9.47 Å². The van der Waals surface area contributed by atoms with Gasteiger partial charge in [-0.2, -0.15) is 0 Å². The molecule has 6 heteroatoms. The SMILES string of the molecule is CC(C)OC(=O)N1CCC(COc2ccc(-c3ccc(C(=O)NCc4ccccc4)cc3)cc2)CC1. The quantitative estimate of drug-likeness (QED) is 0.429. The fraction of sp³-hybridized carbons (Fsp3) is 0.333. The summed E-state index contributed by atoms with van der Waals surface area (Å²) in [4.78, 5) is 26.3.